The Morgan fingerprint density at radius 3 is 2.50 bits per heavy atom. The smallest absolute Gasteiger partial charge is 0.157 e. The van der Waals surface area contributed by atoms with E-state index in [1.165, 1.54) is 12.0 Å². The number of hydrogen-bond acceptors (Lipinski definition) is 5. The summed E-state index contributed by atoms with van der Waals surface area (Å²) in [6, 6.07) is 10.3. The molecule has 26 heavy (non-hydrogen) atoms. The maximum Gasteiger partial charge on any atom is 0.157 e. The molecule has 1 aromatic carbocycles. The molecule has 0 radical (unpaired) electrons. The van der Waals surface area contributed by atoms with Crippen molar-refractivity contribution in [1.82, 2.24) is 0 Å². The van der Waals surface area contributed by atoms with E-state index in [4.69, 9.17) is 23.7 Å². The van der Waals surface area contributed by atoms with Crippen LogP contribution in [0.2, 0.25) is 0 Å². The molecule has 3 rings (SSSR count). The fourth-order valence-electron chi connectivity index (χ4n) is 3.17. The van der Waals surface area contributed by atoms with Crippen LogP contribution in [-0.4, -0.2) is 51.5 Å². The molecule has 0 bridgehead atoms. The first kappa shape index (κ1) is 19.8. The van der Waals surface area contributed by atoms with Gasteiger partial charge >= 0.3 is 0 Å². The van der Waals surface area contributed by atoms with E-state index in [2.05, 4.69) is 12.1 Å². The summed E-state index contributed by atoms with van der Waals surface area (Å²) in [6.45, 7) is 4.22. The summed E-state index contributed by atoms with van der Waals surface area (Å²) in [5.41, 5.74) is 1.23. The molecule has 0 N–H and O–H groups in total. The van der Waals surface area contributed by atoms with E-state index < -0.39 is 0 Å². The van der Waals surface area contributed by atoms with Crippen LogP contribution in [0, 0.1) is 0 Å². The molecule has 1 atom stereocenters. The first-order chi connectivity index (χ1) is 12.9. The molecule has 1 aliphatic heterocycles. The minimum Gasteiger partial charge on any atom is -0.379 e. The third-order valence-electron chi connectivity index (χ3n) is 4.84. The Kier molecular flexibility index (Phi) is 8.88. The largest absolute Gasteiger partial charge is 0.379 e. The lowest BCUT2D eigenvalue weighted by Gasteiger charge is -2.35. The summed E-state index contributed by atoms with van der Waals surface area (Å²) in [6.07, 6.45) is 6.95. The Balaban J connectivity index is 1.08. The summed E-state index contributed by atoms with van der Waals surface area (Å²) in [5.74, 6) is 0. The van der Waals surface area contributed by atoms with Gasteiger partial charge in [-0.2, -0.15) is 0 Å². The molecule has 1 aliphatic carbocycles. The van der Waals surface area contributed by atoms with Crippen LogP contribution in [0.25, 0.3) is 0 Å². The topological polar surface area (TPSA) is 46.2 Å². The minimum absolute atomic E-state index is 0.0219. The summed E-state index contributed by atoms with van der Waals surface area (Å²) in [5, 5.41) is 0. The van der Waals surface area contributed by atoms with E-state index in [0.29, 0.717) is 32.0 Å². The van der Waals surface area contributed by atoms with E-state index in [1.54, 1.807) is 0 Å². The van der Waals surface area contributed by atoms with Crippen molar-refractivity contribution in [3.63, 3.8) is 0 Å². The van der Waals surface area contributed by atoms with E-state index in [0.717, 1.165) is 51.9 Å². The van der Waals surface area contributed by atoms with Gasteiger partial charge in [0.05, 0.1) is 32.0 Å². The Hall–Kier alpha value is -0.980. The molecule has 1 heterocycles. The van der Waals surface area contributed by atoms with Crippen LogP contribution >= 0.6 is 0 Å². The van der Waals surface area contributed by atoms with E-state index >= 15 is 0 Å². The predicted molar refractivity (Wildman–Crippen MR) is 99.0 cm³/mol. The maximum absolute atomic E-state index is 5.89. The number of benzene rings is 1. The lowest BCUT2D eigenvalue weighted by atomic mass is 9.92. The highest BCUT2D eigenvalue weighted by Crippen LogP contribution is 2.27. The summed E-state index contributed by atoms with van der Waals surface area (Å²) in [7, 11) is 0. The fourth-order valence-corrected chi connectivity index (χ4v) is 3.17. The standard InChI is InChI=1S/C21H32O5/c1-2-7-18(8-3-1)17-26-20-15-19(16-20)23-12-6-10-22-13-14-25-21-9-4-5-11-24-21/h1-3,7-8,19-21H,4-6,9-17H2. The molecule has 1 saturated carbocycles. The second kappa shape index (κ2) is 11.7. The Morgan fingerprint density at radius 1 is 0.846 bits per heavy atom. The summed E-state index contributed by atoms with van der Waals surface area (Å²) >= 11 is 0. The molecule has 146 valence electrons. The molecule has 0 amide bonds. The van der Waals surface area contributed by atoms with Crippen molar-refractivity contribution in [3.05, 3.63) is 35.9 Å². The van der Waals surface area contributed by atoms with Crippen LogP contribution in [0.5, 0.6) is 0 Å². The van der Waals surface area contributed by atoms with Crippen molar-refractivity contribution < 1.29 is 23.7 Å². The first-order valence-corrected chi connectivity index (χ1v) is 9.98. The molecule has 1 aromatic rings. The quantitative estimate of drug-likeness (QED) is 0.529. The third-order valence-corrected chi connectivity index (χ3v) is 4.84. The molecule has 1 saturated heterocycles. The van der Waals surface area contributed by atoms with E-state index in [1.807, 2.05) is 18.2 Å². The second-order valence-electron chi connectivity index (χ2n) is 7.02. The average Bonchev–Trinajstić information content (AvgIpc) is 2.66. The molecular weight excluding hydrogens is 332 g/mol. The SMILES string of the molecule is c1ccc(COC2CC(OCCCOCCOC3CCCCO3)C2)cc1. The average molecular weight is 364 g/mol. The van der Waals surface area contributed by atoms with Crippen molar-refractivity contribution in [3.8, 4) is 0 Å². The molecule has 0 spiro atoms. The molecule has 2 fully saturated rings. The van der Waals surface area contributed by atoms with Crippen LogP contribution in [0.4, 0.5) is 0 Å². The molecule has 2 aliphatic rings. The van der Waals surface area contributed by atoms with Crippen molar-refractivity contribution in [1.29, 1.82) is 0 Å². The lowest BCUT2D eigenvalue weighted by molar-refractivity contribution is -0.169. The highest BCUT2D eigenvalue weighted by molar-refractivity contribution is 5.13. The van der Waals surface area contributed by atoms with Gasteiger partial charge < -0.3 is 23.7 Å². The molecule has 5 heteroatoms. The Bertz CT molecular complexity index is 469. The zero-order valence-corrected chi connectivity index (χ0v) is 15.6. The van der Waals surface area contributed by atoms with E-state index in [9.17, 15) is 0 Å². The van der Waals surface area contributed by atoms with Crippen molar-refractivity contribution in [2.24, 2.45) is 0 Å². The molecule has 0 aromatic heterocycles. The zero-order chi connectivity index (χ0) is 17.9. The van der Waals surface area contributed by atoms with Gasteiger partial charge in [-0.25, -0.2) is 0 Å². The van der Waals surface area contributed by atoms with Gasteiger partial charge in [-0.1, -0.05) is 30.3 Å². The van der Waals surface area contributed by atoms with Gasteiger partial charge in [0.15, 0.2) is 6.29 Å². The normalized spacial score (nSPS) is 25.8. The second-order valence-corrected chi connectivity index (χ2v) is 7.02. The van der Waals surface area contributed by atoms with Crippen LogP contribution in [-0.2, 0) is 30.3 Å². The van der Waals surface area contributed by atoms with Gasteiger partial charge in [0.25, 0.3) is 0 Å². The van der Waals surface area contributed by atoms with Crippen molar-refractivity contribution in [2.45, 2.75) is 63.6 Å². The summed E-state index contributed by atoms with van der Waals surface area (Å²) in [4.78, 5) is 0. The van der Waals surface area contributed by atoms with Gasteiger partial charge in [-0.15, -0.1) is 0 Å². The zero-order valence-electron chi connectivity index (χ0n) is 15.6. The van der Waals surface area contributed by atoms with Crippen LogP contribution in [0.15, 0.2) is 30.3 Å². The fraction of sp³-hybridized carbons (Fsp3) is 0.714. The maximum atomic E-state index is 5.89. The third kappa shape index (κ3) is 7.33. The highest BCUT2D eigenvalue weighted by atomic mass is 16.7. The Morgan fingerprint density at radius 2 is 1.69 bits per heavy atom. The van der Waals surface area contributed by atoms with Gasteiger partial charge in [0.2, 0.25) is 0 Å². The van der Waals surface area contributed by atoms with E-state index in [-0.39, 0.29) is 6.29 Å². The van der Waals surface area contributed by atoms with Gasteiger partial charge in [-0.3, -0.25) is 0 Å². The van der Waals surface area contributed by atoms with Crippen LogP contribution < -0.4 is 0 Å². The Labute approximate surface area is 156 Å². The van der Waals surface area contributed by atoms with Gasteiger partial charge in [0, 0.05) is 19.8 Å². The van der Waals surface area contributed by atoms with Crippen LogP contribution in [0.1, 0.15) is 44.1 Å². The number of hydrogen-bond donors (Lipinski definition) is 0. The van der Waals surface area contributed by atoms with Gasteiger partial charge in [-0.05, 0) is 44.1 Å². The molecular formula is C21H32O5. The predicted octanol–water partition coefficient (Wildman–Crippen LogP) is 3.70. The lowest BCUT2D eigenvalue weighted by Crippen LogP contribution is -2.37. The monoisotopic (exact) mass is 364 g/mol. The molecule has 5 nitrogen and oxygen atoms in total. The van der Waals surface area contributed by atoms with Gasteiger partial charge in [0.1, 0.15) is 0 Å². The minimum atomic E-state index is -0.0219. The molecule has 1 unspecified atom stereocenters. The van der Waals surface area contributed by atoms with Crippen molar-refractivity contribution in [2.75, 3.05) is 33.0 Å². The summed E-state index contributed by atoms with van der Waals surface area (Å²) < 4.78 is 28.5. The number of ether oxygens (including phenoxy) is 5. The number of rotatable bonds is 12. The van der Waals surface area contributed by atoms with Crippen LogP contribution in [0.3, 0.4) is 0 Å². The van der Waals surface area contributed by atoms with Crippen molar-refractivity contribution >= 4 is 0 Å². The first-order valence-electron chi connectivity index (χ1n) is 9.98. The highest BCUT2D eigenvalue weighted by Gasteiger charge is 2.30.